The monoisotopic (exact) mass is 302 g/mol. The van der Waals surface area contributed by atoms with Crippen LogP contribution in [0.15, 0.2) is 27.4 Å². The average molecular weight is 302 g/mol. The van der Waals surface area contributed by atoms with Gasteiger partial charge in [0.1, 0.15) is 0 Å². The van der Waals surface area contributed by atoms with Gasteiger partial charge in [0.05, 0.1) is 0 Å². The highest BCUT2D eigenvalue weighted by Crippen LogP contribution is 2.26. The van der Waals surface area contributed by atoms with Crippen LogP contribution in [0.25, 0.3) is 11.5 Å². The van der Waals surface area contributed by atoms with E-state index in [1.54, 1.807) is 0 Å². The highest BCUT2D eigenvalue weighted by atomic mass is 16.4. The molecule has 2 aromatic rings. The lowest BCUT2D eigenvalue weighted by molar-refractivity contribution is 0.339. The van der Waals surface area contributed by atoms with Crippen LogP contribution < -0.4 is 16.8 Å². The Morgan fingerprint density at radius 2 is 2.14 bits per heavy atom. The summed E-state index contributed by atoms with van der Waals surface area (Å²) in [6, 6.07) is 6.26. The Kier molecular flexibility index (Phi) is 4.29. The fraction of sp³-hybridized carbons (Fsp3) is 0.500. The van der Waals surface area contributed by atoms with Crippen molar-refractivity contribution in [2.45, 2.75) is 38.6 Å². The molecule has 22 heavy (non-hydrogen) atoms. The van der Waals surface area contributed by atoms with Gasteiger partial charge in [-0.2, -0.15) is 0 Å². The van der Waals surface area contributed by atoms with E-state index in [1.807, 2.05) is 18.2 Å². The molecule has 3 rings (SSSR count). The van der Waals surface area contributed by atoms with Gasteiger partial charge in [0, 0.05) is 23.8 Å². The minimum atomic E-state index is -0.538. The summed E-state index contributed by atoms with van der Waals surface area (Å²) in [6.45, 7) is 3.01. The first-order chi connectivity index (χ1) is 10.6. The van der Waals surface area contributed by atoms with Crippen LogP contribution in [0.2, 0.25) is 0 Å². The molecule has 1 aromatic heterocycles. The molecule has 0 radical (unpaired) electrons. The maximum atomic E-state index is 11.1. The molecule has 0 bridgehead atoms. The molecule has 1 aromatic carbocycles. The minimum absolute atomic E-state index is 0.316. The van der Waals surface area contributed by atoms with E-state index in [2.05, 4.69) is 22.4 Å². The van der Waals surface area contributed by atoms with Gasteiger partial charge in [0.15, 0.2) is 0 Å². The molecule has 118 valence electrons. The zero-order valence-corrected chi connectivity index (χ0v) is 12.8. The Labute approximate surface area is 129 Å². The molecule has 1 saturated carbocycles. The smallest absolute Gasteiger partial charge is 0.388 e. The second-order valence-corrected chi connectivity index (χ2v) is 6.11. The first kappa shape index (κ1) is 14.8. The lowest BCUT2D eigenvalue weighted by Gasteiger charge is -2.26. The second-order valence-electron chi connectivity index (χ2n) is 6.11. The van der Waals surface area contributed by atoms with Gasteiger partial charge in [-0.25, -0.2) is 9.89 Å². The van der Waals surface area contributed by atoms with E-state index in [9.17, 15) is 4.79 Å². The molecule has 6 nitrogen and oxygen atoms in total. The van der Waals surface area contributed by atoms with E-state index >= 15 is 0 Å². The molecular formula is C16H22N4O2. The molecule has 0 aliphatic heterocycles. The Hall–Kier alpha value is -2.08. The highest BCUT2D eigenvalue weighted by Gasteiger charge is 2.18. The third kappa shape index (κ3) is 3.39. The number of aromatic nitrogens is 2. The minimum Gasteiger partial charge on any atom is -0.388 e. The van der Waals surface area contributed by atoms with Gasteiger partial charge in [-0.05, 0) is 56.2 Å². The Morgan fingerprint density at radius 1 is 1.36 bits per heavy atom. The molecule has 0 unspecified atom stereocenters. The fourth-order valence-electron chi connectivity index (χ4n) is 2.95. The first-order valence-electron chi connectivity index (χ1n) is 7.78. The van der Waals surface area contributed by atoms with Crippen LogP contribution in [0.3, 0.4) is 0 Å². The van der Waals surface area contributed by atoms with Crippen LogP contribution in [0.4, 0.5) is 5.69 Å². The molecular weight excluding hydrogens is 280 g/mol. The van der Waals surface area contributed by atoms with Gasteiger partial charge in [-0.3, -0.25) is 0 Å². The predicted octanol–water partition coefficient (Wildman–Crippen LogP) is 2.27. The number of hydrogen-bond donors (Lipinski definition) is 3. The van der Waals surface area contributed by atoms with Gasteiger partial charge in [-0.1, -0.05) is 6.07 Å². The van der Waals surface area contributed by atoms with Crippen LogP contribution >= 0.6 is 0 Å². The largest absolute Gasteiger partial charge is 0.434 e. The van der Waals surface area contributed by atoms with Crippen molar-refractivity contribution in [3.8, 4) is 11.5 Å². The maximum Gasteiger partial charge on any atom is 0.434 e. The third-order valence-corrected chi connectivity index (χ3v) is 4.40. The number of nitrogens with two attached hydrogens (primary N) is 1. The van der Waals surface area contributed by atoms with Crippen molar-refractivity contribution >= 4 is 5.69 Å². The van der Waals surface area contributed by atoms with E-state index in [0.29, 0.717) is 17.9 Å². The normalized spacial score (nSPS) is 21.7. The SMILES string of the molecule is Cc1ccc(-c2n[nH]c(=O)o2)cc1NC[C@H]1CC[C@H](N)CC1. The first-order valence-corrected chi connectivity index (χ1v) is 7.78. The summed E-state index contributed by atoms with van der Waals surface area (Å²) in [5, 5.41) is 9.67. The van der Waals surface area contributed by atoms with Crippen molar-refractivity contribution in [2.24, 2.45) is 11.7 Å². The number of H-pyrrole nitrogens is 1. The number of aromatic amines is 1. The van der Waals surface area contributed by atoms with Crippen molar-refractivity contribution in [1.29, 1.82) is 0 Å². The highest BCUT2D eigenvalue weighted by molar-refractivity contribution is 5.64. The standard InChI is InChI=1S/C16H22N4O2/c1-10-2-5-12(15-19-20-16(21)22-15)8-14(10)18-9-11-3-6-13(17)7-4-11/h2,5,8,11,13,18H,3-4,6-7,9,17H2,1H3,(H,20,21)/t11-,13-. The van der Waals surface area contributed by atoms with Gasteiger partial charge in [-0.15, -0.1) is 5.10 Å². The zero-order chi connectivity index (χ0) is 15.5. The number of benzene rings is 1. The van der Waals surface area contributed by atoms with Gasteiger partial charge in [0.25, 0.3) is 0 Å². The van der Waals surface area contributed by atoms with Gasteiger partial charge >= 0.3 is 5.76 Å². The molecule has 0 saturated heterocycles. The van der Waals surface area contributed by atoms with Crippen molar-refractivity contribution in [2.75, 3.05) is 11.9 Å². The topological polar surface area (TPSA) is 96.9 Å². The molecule has 0 amide bonds. The molecule has 1 aliphatic rings. The van der Waals surface area contributed by atoms with E-state index < -0.39 is 5.76 Å². The van der Waals surface area contributed by atoms with Crippen molar-refractivity contribution in [1.82, 2.24) is 10.2 Å². The summed E-state index contributed by atoms with van der Waals surface area (Å²) in [4.78, 5) is 11.1. The van der Waals surface area contributed by atoms with Crippen LogP contribution in [-0.2, 0) is 0 Å². The molecule has 0 atom stereocenters. The van der Waals surface area contributed by atoms with Crippen molar-refractivity contribution in [3.63, 3.8) is 0 Å². The summed E-state index contributed by atoms with van der Waals surface area (Å²) in [7, 11) is 0. The summed E-state index contributed by atoms with van der Waals surface area (Å²) < 4.78 is 5.01. The fourth-order valence-corrected chi connectivity index (χ4v) is 2.95. The lowest BCUT2D eigenvalue weighted by atomic mass is 9.86. The molecule has 0 spiro atoms. The number of aryl methyl sites for hydroxylation is 1. The number of nitrogens with one attached hydrogen (secondary N) is 2. The molecule has 1 heterocycles. The van der Waals surface area contributed by atoms with Crippen molar-refractivity contribution in [3.05, 3.63) is 34.3 Å². The van der Waals surface area contributed by atoms with Gasteiger partial charge in [0.2, 0.25) is 5.89 Å². The zero-order valence-electron chi connectivity index (χ0n) is 12.8. The van der Waals surface area contributed by atoms with E-state index in [0.717, 1.165) is 36.2 Å². The molecule has 4 N–H and O–H groups in total. The Balaban J connectivity index is 1.69. The van der Waals surface area contributed by atoms with Gasteiger partial charge < -0.3 is 15.5 Å². The summed E-state index contributed by atoms with van der Waals surface area (Å²) >= 11 is 0. The molecule has 1 fully saturated rings. The third-order valence-electron chi connectivity index (χ3n) is 4.40. The van der Waals surface area contributed by atoms with Crippen LogP contribution in [0.1, 0.15) is 31.2 Å². The summed E-state index contributed by atoms with van der Waals surface area (Å²) in [6.07, 6.45) is 4.59. The molecule has 6 heteroatoms. The summed E-state index contributed by atoms with van der Waals surface area (Å²) in [5.74, 6) is 0.450. The van der Waals surface area contributed by atoms with Crippen LogP contribution in [-0.4, -0.2) is 22.8 Å². The number of nitrogens with zero attached hydrogens (tertiary/aromatic N) is 1. The van der Waals surface area contributed by atoms with E-state index in [-0.39, 0.29) is 0 Å². The molecule has 1 aliphatic carbocycles. The summed E-state index contributed by atoms with van der Waals surface area (Å²) in [5.41, 5.74) is 8.95. The van der Waals surface area contributed by atoms with E-state index in [1.165, 1.54) is 12.8 Å². The average Bonchev–Trinajstić information content (AvgIpc) is 2.95. The number of anilines is 1. The Bertz CT molecular complexity index is 683. The van der Waals surface area contributed by atoms with Crippen LogP contribution in [0.5, 0.6) is 0 Å². The van der Waals surface area contributed by atoms with E-state index in [4.69, 9.17) is 10.2 Å². The Morgan fingerprint density at radius 3 is 2.82 bits per heavy atom. The lowest BCUT2D eigenvalue weighted by Crippen LogP contribution is -2.29. The number of hydrogen-bond acceptors (Lipinski definition) is 5. The quantitative estimate of drug-likeness (QED) is 0.805. The second kappa shape index (κ2) is 6.36. The number of rotatable bonds is 4. The van der Waals surface area contributed by atoms with Crippen molar-refractivity contribution < 1.29 is 4.42 Å². The van der Waals surface area contributed by atoms with Crippen LogP contribution in [0, 0.1) is 12.8 Å². The predicted molar refractivity (Wildman–Crippen MR) is 85.7 cm³/mol. The maximum absolute atomic E-state index is 11.1.